The van der Waals surface area contributed by atoms with Crippen LogP contribution >= 0.6 is 39.3 Å². The summed E-state index contributed by atoms with van der Waals surface area (Å²) in [5, 5.41) is 10.9. The smallest absolute Gasteiger partial charge is 0.277 e. The summed E-state index contributed by atoms with van der Waals surface area (Å²) in [7, 11) is 0. The van der Waals surface area contributed by atoms with Gasteiger partial charge in [-0.3, -0.25) is 4.79 Å². The summed E-state index contributed by atoms with van der Waals surface area (Å²) in [5.74, 6) is -0.372. The number of carbonyl (C=O) groups excluding carboxylic acids is 1. The molecule has 0 fully saturated rings. The number of amides is 1. The molecule has 0 saturated heterocycles. The molecule has 0 unspecified atom stereocenters. The molecule has 1 amide bonds. The monoisotopic (exact) mass is 441 g/mol. The molecule has 3 rings (SSSR count). The zero-order valence-electron chi connectivity index (χ0n) is 12.5. The van der Waals surface area contributed by atoms with Crippen LogP contribution in [-0.2, 0) is 4.79 Å². The molecule has 128 valence electrons. The third-order valence-corrected chi connectivity index (χ3v) is 4.63. The molecule has 0 radical (unpaired) electrons. The lowest BCUT2D eigenvalue weighted by atomic mass is 10.2. The topological polar surface area (TPSA) is 68.0 Å². The van der Waals surface area contributed by atoms with Crippen LogP contribution in [0.25, 0.3) is 11.5 Å². The molecule has 1 heterocycles. The average Bonchev–Trinajstić information content (AvgIpc) is 3.05. The maximum Gasteiger partial charge on any atom is 0.277 e. The molecule has 2 aromatic carbocycles. The Bertz CT molecular complexity index is 922. The van der Waals surface area contributed by atoms with Gasteiger partial charge in [-0.1, -0.05) is 45.4 Å². The molecule has 0 atom stereocenters. The molecule has 0 spiro atoms. The first-order valence-corrected chi connectivity index (χ1v) is 9.14. The lowest BCUT2D eigenvalue weighted by Gasteiger charge is -2.06. The van der Waals surface area contributed by atoms with Gasteiger partial charge in [-0.05, 0) is 36.4 Å². The highest BCUT2D eigenvalue weighted by molar-refractivity contribution is 9.10. The van der Waals surface area contributed by atoms with E-state index in [-0.39, 0.29) is 21.9 Å². The van der Waals surface area contributed by atoms with E-state index in [1.807, 2.05) is 24.3 Å². The van der Waals surface area contributed by atoms with Crippen molar-refractivity contribution in [1.82, 2.24) is 10.2 Å². The number of aromatic nitrogens is 2. The van der Waals surface area contributed by atoms with Crippen molar-refractivity contribution >= 4 is 50.9 Å². The van der Waals surface area contributed by atoms with Crippen molar-refractivity contribution in [1.29, 1.82) is 0 Å². The predicted molar refractivity (Wildman–Crippen MR) is 98.2 cm³/mol. The zero-order valence-corrected chi connectivity index (χ0v) is 15.7. The molecule has 5 nitrogen and oxygen atoms in total. The van der Waals surface area contributed by atoms with Crippen LogP contribution in [0.1, 0.15) is 0 Å². The number of thioether (sulfide) groups is 1. The Morgan fingerprint density at radius 2 is 2.12 bits per heavy atom. The highest BCUT2D eigenvalue weighted by atomic mass is 79.9. The summed E-state index contributed by atoms with van der Waals surface area (Å²) in [6.45, 7) is 0. The quantitative estimate of drug-likeness (QED) is 0.562. The molecular weight excluding hydrogens is 433 g/mol. The third kappa shape index (κ3) is 4.81. The number of benzene rings is 2. The van der Waals surface area contributed by atoms with E-state index in [2.05, 4.69) is 31.4 Å². The summed E-state index contributed by atoms with van der Waals surface area (Å²) in [6, 6.07) is 11.2. The van der Waals surface area contributed by atoms with Crippen molar-refractivity contribution < 1.29 is 13.6 Å². The van der Waals surface area contributed by atoms with Crippen LogP contribution in [0.15, 0.2) is 56.6 Å². The Kier molecular flexibility index (Phi) is 5.72. The molecule has 0 aliphatic carbocycles. The summed E-state index contributed by atoms with van der Waals surface area (Å²) < 4.78 is 19.4. The van der Waals surface area contributed by atoms with E-state index in [0.717, 1.165) is 27.9 Å². The number of nitrogens with zero attached hydrogens (tertiary/aromatic N) is 2. The fourth-order valence-corrected chi connectivity index (χ4v) is 3.09. The Labute approximate surface area is 160 Å². The minimum absolute atomic E-state index is 0.0494. The minimum Gasteiger partial charge on any atom is -0.411 e. The van der Waals surface area contributed by atoms with Gasteiger partial charge in [0.15, 0.2) is 0 Å². The minimum atomic E-state index is -0.469. The first-order valence-electron chi connectivity index (χ1n) is 6.98. The molecule has 9 heteroatoms. The molecule has 0 bridgehead atoms. The molecule has 25 heavy (non-hydrogen) atoms. The predicted octanol–water partition coefficient (Wildman–Crippen LogP) is 5.02. The number of nitrogens with one attached hydrogen (secondary N) is 1. The number of carbonyl (C=O) groups is 1. The molecular formula is C16H10BrClFN3O2S. The van der Waals surface area contributed by atoms with Crippen molar-refractivity contribution in [3.8, 4) is 11.5 Å². The normalized spacial score (nSPS) is 10.7. The number of anilines is 1. The fourth-order valence-electron chi connectivity index (χ4n) is 1.91. The van der Waals surface area contributed by atoms with Gasteiger partial charge < -0.3 is 9.73 Å². The molecule has 0 aliphatic heterocycles. The van der Waals surface area contributed by atoms with Crippen LogP contribution in [0.3, 0.4) is 0 Å². The molecule has 0 aliphatic rings. The Morgan fingerprint density at radius 1 is 1.28 bits per heavy atom. The number of hydrogen-bond acceptors (Lipinski definition) is 5. The summed E-state index contributed by atoms with van der Waals surface area (Å²) >= 11 is 10.3. The molecule has 1 N–H and O–H groups in total. The Hall–Kier alpha value is -1.90. The van der Waals surface area contributed by atoms with Crippen LogP contribution in [-0.4, -0.2) is 21.9 Å². The maximum atomic E-state index is 13.0. The van der Waals surface area contributed by atoms with Crippen LogP contribution in [0.4, 0.5) is 10.1 Å². The van der Waals surface area contributed by atoms with E-state index < -0.39 is 5.82 Å². The SMILES string of the molecule is O=C(CSc1nnc(-c2cccc(Br)c2)o1)Nc1ccc(F)cc1Cl. The fraction of sp³-hybridized carbons (Fsp3) is 0.0625. The maximum absolute atomic E-state index is 13.0. The van der Waals surface area contributed by atoms with Gasteiger partial charge in [0.25, 0.3) is 5.22 Å². The van der Waals surface area contributed by atoms with E-state index >= 15 is 0 Å². The van der Waals surface area contributed by atoms with Crippen molar-refractivity contribution in [2.24, 2.45) is 0 Å². The zero-order chi connectivity index (χ0) is 17.8. The van der Waals surface area contributed by atoms with Gasteiger partial charge in [0, 0.05) is 10.0 Å². The first-order chi connectivity index (χ1) is 12.0. The van der Waals surface area contributed by atoms with Gasteiger partial charge in [-0.2, -0.15) is 0 Å². The second-order valence-electron chi connectivity index (χ2n) is 4.84. The van der Waals surface area contributed by atoms with Crippen molar-refractivity contribution in [2.45, 2.75) is 5.22 Å². The summed E-state index contributed by atoms with van der Waals surface area (Å²) in [4.78, 5) is 12.0. The van der Waals surface area contributed by atoms with Gasteiger partial charge in [0.05, 0.1) is 16.5 Å². The van der Waals surface area contributed by atoms with Crippen LogP contribution in [0.2, 0.25) is 5.02 Å². The van der Waals surface area contributed by atoms with E-state index in [1.165, 1.54) is 12.1 Å². The van der Waals surface area contributed by atoms with E-state index in [9.17, 15) is 9.18 Å². The third-order valence-electron chi connectivity index (χ3n) is 3.01. The standard InChI is InChI=1S/C16H10BrClFN3O2S/c17-10-3-1-2-9(6-10)15-21-22-16(24-15)25-8-14(23)20-13-5-4-11(19)7-12(13)18/h1-7H,8H2,(H,20,23). The number of hydrogen-bond donors (Lipinski definition) is 1. The van der Waals surface area contributed by atoms with Crippen LogP contribution < -0.4 is 5.32 Å². The number of halogens is 3. The van der Waals surface area contributed by atoms with E-state index in [4.69, 9.17) is 16.0 Å². The molecule has 0 saturated carbocycles. The van der Waals surface area contributed by atoms with Crippen LogP contribution in [0, 0.1) is 5.82 Å². The largest absolute Gasteiger partial charge is 0.411 e. The van der Waals surface area contributed by atoms with E-state index in [1.54, 1.807) is 0 Å². The lowest BCUT2D eigenvalue weighted by molar-refractivity contribution is -0.113. The molecule has 3 aromatic rings. The molecule has 1 aromatic heterocycles. The highest BCUT2D eigenvalue weighted by Crippen LogP contribution is 2.26. The first kappa shape index (κ1) is 17.9. The van der Waals surface area contributed by atoms with Crippen LogP contribution in [0.5, 0.6) is 0 Å². The van der Waals surface area contributed by atoms with Crippen molar-refractivity contribution in [2.75, 3.05) is 11.1 Å². The Morgan fingerprint density at radius 3 is 2.88 bits per heavy atom. The van der Waals surface area contributed by atoms with Gasteiger partial charge in [0.2, 0.25) is 11.8 Å². The second-order valence-corrected chi connectivity index (χ2v) is 7.09. The second kappa shape index (κ2) is 7.99. The average molecular weight is 443 g/mol. The van der Waals surface area contributed by atoms with E-state index in [0.29, 0.717) is 11.6 Å². The number of rotatable bonds is 5. The van der Waals surface area contributed by atoms with Gasteiger partial charge in [-0.25, -0.2) is 4.39 Å². The Balaban J connectivity index is 1.59. The van der Waals surface area contributed by atoms with Gasteiger partial charge >= 0.3 is 0 Å². The summed E-state index contributed by atoms with van der Waals surface area (Å²) in [6.07, 6.45) is 0. The van der Waals surface area contributed by atoms with Crippen molar-refractivity contribution in [3.05, 3.63) is 57.8 Å². The van der Waals surface area contributed by atoms with Gasteiger partial charge in [-0.15, -0.1) is 10.2 Å². The summed E-state index contributed by atoms with van der Waals surface area (Å²) in [5.41, 5.74) is 1.12. The highest BCUT2D eigenvalue weighted by Gasteiger charge is 2.12. The lowest BCUT2D eigenvalue weighted by Crippen LogP contribution is -2.14. The van der Waals surface area contributed by atoms with Crippen molar-refractivity contribution in [3.63, 3.8) is 0 Å². The van der Waals surface area contributed by atoms with Gasteiger partial charge in [0.1, 0.15) is 5.82 Å².